The quantitative estimate of drug-likeness (QED) is 0.879. The van der Waals surface area contributed by atoms with Gasteiger partial charge in [-0.05, 0) is 24.3 Å². The molecule has 1 aliphatic heterocycles. The maximum atomic E-state index is 12.8. The Bertz CT molecular complexity index is 741. The summed E-state index contributed by atoms with van der Waals surface area (Å²) in [6, 6.07) is 9.43. The summed E-state index contributed by atoms with van der Waals surface area (Å²) in [6.07, 6.45) is 1.20. The number of carbonyl (C=O) groups is 2. The van der Waals surface area contributed by atoms with Gasteiger partial charge < -0.3 is 10.4 Å². The molecule has 3 rings (SSSR count). The number of carbonyl (C=O) groups excluding carboxylic acids is 1. The SMILES string of the molecule is CC1=C(C(=O)O)C(c2ccccc2)C2=C(CC(C)(C)CC2=O)N1. The normalized spacial score (nSPS) is 23.4. The lowest BCUT2D eigenvalue weighted by atomic mass is 9.68. The van der Waals surface area contributed by atoms with Gasteiger partial charge in [-0.2, -0.15) is 0 Å². The van der Waals surface area contributed by atoms with E-state index in [2.05, 4.69) is 19.2 Å². The maximum absolute atomic E-state index is 12.8. The third kappa shape index (κ3) is 2.69. The second-order valence-electron chi connectivity index (χ2n) is 7.15. The number of allylic oxidation sites excluding steroid dienone is 3. The molecule has 0 bridgehead atoms. The fraction of sp³-hybridized carbons (Fsp3) is 0.368. The van der Waals surface area contributed by atoms with E-state index in [9.17, 15) is 14.7 Å². The number of hydrogen-bond donors (Lipinski definition) is 2. The topological polar surface area (TPSA) is 66.4 Å². The molecule has 0 saturated carbocycles. The number of carboxylic acid groups (broad SMARTS) is 1. The van der Waals surface area contributed by atoms with Crippen molar-refractivity contribution in [3.05, 3.63) is 58.4 Å². The fourth-order valence-electron chi connectivity index (χ4n) is 3.70. The lowest BCUT2D eigenvalue weighted by Crippen LogP contribution is -2.38. The first kappa shape index (κ1) is 15.5. The lowest BCUT2D eigenvalue weighted by Gasteiger charge is -2.39. The highest BCUT2D eigenvalue weighted by Gasteiger charge is 2.42. The van der Waals surface area contributed by atoms with Gasteiger partial charge in [0.2, 0.25) is 0 Å². The zero-order valence-electron chi connectivity index (χ0n) is 13.6. The maximum Gasteiger partial charge on any atom is 0.334 e. The molecule has 23 heavy (non-hydrogen) atoms. The van der Waals surface area contributed by atoms with Crippen LogP contribution < -0.4 is 5.32 Å². The van der Waals surface area contributed by atoms with Crippen molar-refractivity contribution in [2.24, 2.45) is 5.41 Å². The highest BCUT2D eigenvalue weighted by Crippen LogP contribution is 2.46. The van der Waals surface area contributed by atoms with Crippen molar-refractivity contribution < 1.29 is 14.7 Å². The fourth-order valence-corrected chi connectivity index (χ4v) is 3.70. The van der Waals surface area contributed by atoms with E-state index in [0.717, 1.165) is 17.7 Å². The summed E-state index contributed by atoms with van der Waals surface area (Å²) in [5.74, 6) is -1.43. The van der Waals surface area contributed by atoms with Gasteiger partial charge in [-0.3, -0.25) is 4.79 Å². The van der Waals surface area contributed by atoms with Crippen molar-refractivity contribution in [2.45, 2.75) is 39.5 Å². The van der Waals surface area contributed by atoms with Crippen molar-refractivity contribution in [2.75, 3.05) is 0 Å². The van der Waals surface area contributed by atoms with Gasteiger partial charge in [-0.25, -0.2) is 4.79 Å². The van der Waals surface area contributed by atoms with Gasteiger partial charge in [0.05, 0.1) is 5.57 Å². The molecule has 2 aliphatic rings. The molecule has 0 spiro atoms. The summed E-state index contributed by atoms with van der Waals surface area (Å²) in [7, 11) is 0. The zero-order chi connectivity index (χ0) is 16.8. The molecule has 1 aliphatic carbocycles. The summed E-state index contributed by atoms with van der Waals surface area (Å²) in [6.45, 7) is 5.91. The first-order valence-corrected chi connectivity index (χ1v) is 7.82. The molecule has 1 aromatic carbocycles. The monoisotopic (exact) mass is 311 g/mol. The number of carboxylic acids is 1. The molecule has 4 nitrogen and oxygen atoms in total. The molecule has 120 valence electrons. The molecule has 1 atom stereocenters. The van der Waals surface area contributed by atoms with Gasteiger partial charge in [0.1, 0.15) is 0 Å². The number of ketones is 1. The van der Waals surface area contributed by atoms with E-state index in [-0.39, 0.29) is 16.8 Å². The van der Waals surface area contributed by atoms with Crippen LogP contribution in [0.2, 0.25) is 0 Å². The Morgan fingerprint density at radius 2 is 1.87 bits per heavy atom. The molecule has 1 unspecified atom stereocenters. The van der Waals surface area contributed by atoms with Gasteiger partial charge >= 0.3 is 5.97 Å². The number of rotatable bonds is 2. The van der Waals surface area contributed by atoms with E-state index in [4.69, 9.17) is 0 Å². The molecule has 0 amide bonds. The van der Waals surface area contributed by atoms with Crippen LogP contribution in [0.5, 0.6) is 0 Å². The van der Waals surface area contributed by atoms with Gasteiger partial charge in [-0.15, -0.1) is 0 Å². The van der Waals surface area contributed by atoms with E-state index in [1.807, 2.05) is 30.3 Å². The summed E-state index contributed by atoms with van der Waals surface area (Å²) >= 11 is 0. The van der Waals surface area contributed by atoms with Gasteiger partial charge in [0, 0.05) is 29.3 Å². The molecule has 0 saturated heterocycles. The number of dihydropyridines is 1. The minimum atomic E-state index is -0.979. The van der Waals surface area contributed by atoms with Crippen LogP contribution in [0.25, 0.3) is 0 Å². The molecule has 0 radical (unpaired) electrons. The van der Waals surface area contributed by atoms with Crippen LogP contribution in [-0.2, 0) is 9.59 Å². The Morgan fingerprint density at radius 1 is 1.22 bits per heavy atom. The van der Waals surface area contributed by atoms with Crippen LogP contribution in [0.15, 0.2) is 52.9 Å². The third-order valence-electron chi connectivity index (χ3n) is 4.60. The van der Waals surface area contributed by atoms with E-state index in [1.165, 1.54) is 0 Å². The average Bonchev–Trinajstić information content (AvgIpc) is 2.44. The van der Waals surface area contributed by atoms with Crippen molar-refractivity contribution in [1.82, 2.24) is 5.32 Å². The summed E-state index contributed by atoms with van der Waals surface area (Å²) < 4.78 is 0. The molecule has 0 fully saturated rings. The number of benzene rings is 1. The molecule has 1 heterocycles. The Labute approximate surface area is 135 Å². The molecule has 0 aromatic heterocycles. The number of hydrogen-bond acceptors (Lipinski definition) is 3. The van der Waals surface area contributed by atoms with Crippen molar-refractivity contribution in [3.8, 4) is 0 Å². The third-order valence-corrected chi connectivity index (χ3v) is 4.60. The van der Waals surface area contributed by atoms with E-state index < -0.39 is 11.9 Å². The van der Waals surface area contributed by atoms with E-state index in [1.54, 1.807) is 6.92 Å². The summed E-state index contributed by atoms with van der Waals surface area (Å²) in [4.78, 5) is 24.6. The second kappa shape index (κ2) is 5.37. The Balaban J connectivity index is 2.20. The van der Waals surface area contributed by atoms with E-state index in [0.29, 0.717) is 17.7 Å². The largest absolute Gasteiger partial charge is 0.478 e. The highest BCUT2D eigenvalue weighted by atomic mass is 16.4. The average molecular weight is 311 g/mol. The Kier molecular flexibility index (Phi) is 3.63. The molecule has 1 aromatic rings. The number of nitrogens with one attached hydrogen (secondary N) is 1. The molecule has 4 heteroatoms. The van der Waals surface area contributed by atoms with Crippen molar-refractivity contribution >= 4 is 11.8 Å². The van der Waals surface area contributed by atoms with Crippen LogP contribution in [0, 0.1) is 5.41 Å². The Morgan fingerprint density at radius 3 is 2.48 bits per heavy atom. The van der Waals surface area contributed by atoms with Gasteiger partial charge in [0.25, 0.3) is 0 Å². The van der Waals surface area contributed by atoms with Crippen LogP contribution in [-0.4, -0.2) is 16.9 Å². The minimum Gasteiger partial charge on any atom is -0.478 e. The minimum absolute atomic E-state index is 0.0452. The summed E-state index contributed by atoms with van der Waals surface area (Å²) in [5, 5.41) is 12.9. The van der Waals surface area contributed by atoms with Crippen LogP contribution in [0.4, 0.5) is 0 Å². The van der Waals surface area contributed by atoms with Crippen molar-refractivity contribution in [1.29, 1.82) is 0 Å². The van der Waals surface area contributed by atoms with Crippen molar-refractivity contribution in [3.63, 3.8) is 0 Å². The number of aliphatic carboxylic acids is 1. The smallest absolute Gasteiger partial charge is 0.334 e. The zero-order valence-corrected chi connectivity index (χ0v) is 13.6. The Hall–Kier alpha value is -2.36. The predicted molar refractivity (Wildman–Crippen MR) is 87.7 cm³/mol. The second-order valence-corrected chi connectivity index (χ2v) is 7.15. The lowest BCUT2D eigenvalue weighted by molar-refractivity contribution is -0.133. The highest BCUT2D eigenvalue weighted by molar-refractivity contribution is 6.03. The summed E-state index contributed by atoms with van der Waals surface area (Å²) in [5.41, 5.74) is 3.14. The van der Waals surface area contributed by atoms with E-state index >= 15 is 0 Å². The van der Waals surface area contributed by atoms with Gasteiger partial charge in [-0.1, -0.05) is 44.2 Å². The standard InChI is InChI=1S/C19H21NO3/c1-11-15(18(22)23)16(12-7-5-4-6-8-12)17-13(20-11)9-19(2,3)10-14(17)21/h4-8,16,20H,9-10H2,1-3H3,(H,22,23). The molecule has 2 N–H and O–H groups in total. The van der Waals surface area contributed by atoms with Crippen LogP contribution in [0.1, 0.15) is 45.1 Å². The van der Waals surface area contributed by atoms with Crippen LogP contribution in [0.3, 0.4) is 0 Å². The molecular weight excluding hydrogens is 290 g/mol. The first-order chi connectivity index (χ1) is 10.8. The van der Waals surface area contributed by atoms with Gasteiger partial charge in [0.15, 0.2) is 5.78 Å². The van der Waals surface area contributed by atoms with Crippen LogP contribution >= 0.6 is 0 Å². The number of Topliss-reactive ketones (excluding diaryl/α,β-unsaturated/α-hetero) is 1. The molecular formula is C19H21NO3. The first-order valence-electron chi connectivity index (χ1n) is 7.82. The predicted octanol–water partition coefficient (Wildman–Crippen LogP) is 3.38.